The van der Waals surface area contributed by atoms with Crippen LogP contribution in [0, 0.1) is 0 Å². The molecule has 0 amide bonds. The maximum atomic E-state index is 5.31. The van der Waals surface area contributed by atoms with E-state index >= 15 is 0 Å². The summed E-state index contributed by atoms with van der Waals surface area (Å²) >= 11 is 8.78. The number of nitrogens with one attached hydrogen (secondary N) is 1. The SMILES string of the molecule is CCC1(C)CSC(Nc2cc(OC)c(Br)cc2Br)=N1. The van der Waals surface area contributed by atoms with E-state index in [-0.39, 0.29) is 5.54 Å². The number of anilines is 1. The Labute approximate surface area is 134 Å². The molecule has 0 saturated carbocycles. The van der Waals surface area contributed by atoms with Crippen LogP contribution in [0.3, 0.4) is 0 Å². The lowest BCUT2D eigenvalue weighted by Crippen LogP contribution is -2.20. The van der Waals surface area contributed by atoms with E-state index in [0.717, 1.165) is 37.7 Å². The lowest BCUT2D eigenvalue weighted by atomic mass is 10.0. The van der Waals surface area contributed by atoms with Crippen LogP contribution >= 0.6 is 43.6 Å². The van der Waals surface area contributed by atoms with Gasteiger partial charge in [-0.15, -0.1) is 0 Å². The van der Waals surface area contributed by atoms with Crippen molar-refractivity contribution in [2.75, 3.05) is 18.2 Å². The highest BCUT2D eigenvalue weighted by Gasteiger charge is 2.29. The van der Waals surface area contributed by atoms with E-state index in [1.807, 2.05) is 12.1 Å². The van der Waals surface area contributed by atoms with Crippen molar-refractivity contribution in [3.8, 4) is 5.75 Å². The van der Waals surface area contributed by atoms with Crippen molar-refractivity contribution in [1.82, 2.24) is 0 Å². The van der Waals surface area contributed by atoms with Crippen LogP contribution in [0.15, 0.2) is 26.1 Å². The van der Waals surface area contributed by atoms with Crippen LogP contribution in [0.4, 0.5) is 5.69 Å². The number of thioether (sulfide) groups is 1. The zero-order chi connectivity index (χ0) is 14.0. The van der Waals surface area contributed by atoms with Crippen molar-refractivity contribution >= 4 is 54.5 Å². The van der Waals surface area contributed by atoms with Gasteiger partial charge >= 0.3 is 0 Å². The minimum Gasteiger partial charge on any atom is -0.495 e. The van der Waals surface area contributed by atoms with E-state index < -0.39 is 0 Å². The molecule has 1 atom stereocenters. The number of amidine groups is 1. The molecular formula is C13H16Br2N2OS. The average molecular weight is 408 g/mol. The Hall–Kier alpha value is -0.200. The lowest BCUT2D eigenvalue weighted by Gasteiger charge is -2.15. The molecule has 1 N–H and O–H groups in total. The Balaban J connectivity index is 2.23. The zero-order valence-corrected chi connectivity index (χ0v) is 15.1. The maximum absolute atomic E-state index is 5.31. The maximum Gasteiger partial charge on any atom is 0.161 e. The summed E-state index contributed by atoms with van der Waals surface area (Å²) in [5.41, 5.74) is 1.02. The third-order valence-corrected chi connectivity index (χ3v) is 5.64. The Morgan fingerprint density at radius 1 is 1.42 bits per heavy atom. The van der Waals surface area contributed by atoms with Crippen LogP contribution in [0.5, 0.6) is 5.75 Å². The summed E-state index contributed by atoms with van der Waals surface area (Å²) in [6.45, 7) is 4.36. The van der Waals surface area contributed by atoms with Crippen molar-refractivity contribution in [2.45, 2.75) is 25.8 Å². The van der Waals surface area contributed by atoms with Crippen LogP contribution in [0.1, 0.15) is 20.3 Å². The molecule has 1 aliphatic heterocycles. The first-order valence-electron chi connectivity index (χ1n) is 6.00. The highest BCUT2D eigenvalue weighted by Crippen LogP contribution is 2.37. The molecule has 3 nitrogen and oxygen atoms in total. The van der Waals surface area contributed by atoms with Gasteiger partial charge in [0, 0.05) is 16.3 Å². The van der Waals surface area contributed by atoms with Gasteiger partial charge in [0.25, 0.3) is 0 Å². The topological polar surface area (TPSA) is 33.6 Å². The molecule has 2 rings (SSSR count). The Morgan fingerprint density at radius 3 is 2.74 bits per heavy atom. The molecule has 1 aliphatic rings. The normalized spacial score (nSPS) is 22.3. The predicted molar refractivity (Wildman–Crippen MR) is 90.6 cm³/mol. The second-order valence-electron chi connectivity index (χ2n) is 4.65. The number of nitrogens with zero attached hydrogens (tertiary/aromatic N) is 1. The molecule has 0 aliphatic carbocycles. The molecule has 1 unspecified atom stereocenters. The molecule has 19 heavy (non-hydrogen) atoms. The Morgan fingerprint density at radius 2 is 2.16 bits per heavy atom. The number of ether oxygens (including phenoxy) is 1. The summed E-state index contributed by atoms with van der Waals surface area (Å²) in [6.07, 6.45) is 1.05. The molecule has 1 aromatic rings. The zero-order valence-electron chi connectivity index (χ0n) is 11.1. The fraction of sp³-hybridized carbons (Fsp3) is 0.462. The smallest absolute Gasteiger partial charge is 0.161 e. The summed E-state index contributed by atoms with van der Waals surface area (Å²) in [5.74, 6) is 1.82. The quantitative estimate of drug-likeness (QED) is 0.773. The fourth-order valence-electron chi connectivity index (χ4n) is 1.68. The highest BCUT2D eigenvalue weighted by molar-refractivity contribution is 9.11. The number of benzene rings is 1. The molecule has 0 fully saturated rings. The van der Waals surface area contributed by atoms with Gasteiger partial charge in [-0.05, 0) is 51.3 Å². The van der Waals surface area contributed by atoms with E-state index in [9.17, 15) is 0 Å². The van der Waals surface area contributed by atoms with Crippen molar-refractivity contribution in [3.63, 3.8) is 0 Å². The summed E-state index contributed by atoms with van der Waals surface area (Å²) in [7, 11) is 1.66. The van der Waals surface area contributed by atoms with Crippen LogP contribution in [-0.4, -0.2) is 23.6 Å². The van der Waals surface area contributed by atoms with Crippen molar-refractivity contribution in [2.24, 2.45) is 4.99 Å². The lowest BCUT2D eigenvalue weighted by molar-refractivity contribution is 0.412. The molecule has 0 aromatic heterocycles. The molecule has 104 valence electrons. The summed E-state index contributed by atoms with van der Waals surface area (Å²) in [5, 5.41) is 4.33. The first-order valence-corrected chi connectivity index (χ1v) is 8.57. The van der Waals surface area contributed by atoms with Crippen molar-refractivity contribution < 1.29 is 4.74 Å². The monoisotopic (exact) mass is 406 g/mol. The van der Waals surface area contributed by atoms with Gasteiger partial charge < -0.3 is 10.1 Å². The van der Waals surface area contributed by atoms with Crippen LogP contribution in [0.2, 0.25) is 0 Å². The van der Waals surface area contributed by atoms with Crippen molar-refractivity contribution in [3.05, 3.63) is 21.1 Å². The van der Waals surface area contributed by atoms with Gasteiger partial charge in [0.1, 0.15) is 5.75 Å². The van der Waals surface area contributed by atoms with Gasteiger partial charge in [-0.2, -0.15) is 0 Å². The van der Waals surface area contributed by atoms with Gasteiger partial charge in [0.2, 0.25) is 0 Å². The van der Waals surface area contributed by atoms with E-state index in [0.29, 0.717) is 0 Å². The second-order valence-corrected chi connectivity index (χ2v) is 7.32. The first kappa shape index (κ1) is 15.2. The molecule has 0 spiro atoms. The summed E-state index contributed by atoms with van der Waals surface area (Å²) in [6, 6.07) is 3.93. The van der Waals surface area contributed by atoms with Gasteiger partial charge in [-0.1, -0.05) is 18.7 Å². The number of aliphatic imine (C=N–C) groups is 1. The van der Waals surface area contributed by atoms with Gasteiger partial charge in [-0.3, -0.25) is 4.99 Å². The van der Waals surface area contributed by atoms with Crippen LogP contribution < -0.4 is 10.1 Å². The van der Waals surface area contributed by atoms with Gasteiger partial charge in [0.15, 0.2) is 5.17 Å². The largest absolute Gasteiger partial charge is 0.495 e. The predicted octanol–water partition coefficient (Wildman–Crippen LogP) is 4.90. The number of rotatable bonds is 3. The van der Waals surface area contributed by atoms with Gasteiger partial charge in [0.05, 0.1) is 22.8 Å². The van der Waals surface area contributed by atoms with Crippen LogP contribution in [0.25, 0.3) is 0 Å². The summed E-state index contributed by atoms with van der Waals surface area (Å²) < 4.78 is 7.22. The van der Waals surface area contributed by atoms with E-state index in [1.54, 1.807) is 18.9 Å². The molecule has 1 aromatic carbocycles. The third-order valence-electron chi connectivity index (χ3n) is 3.14. The molecule has 6 heteroatoms. The third kappa shape index (κ3) is 3.47. The van der Waals surface area contributed by atoms with Gasteiger partial charge in [-0.25, -0.2) is 0 Å². The van der Waals surface area contributed by atoms with E-state index in [2.05, 4.69) is 51.0 Å². The molecule has 0 radical (unpaired) electrons. The number of hydrogen-bond acceptors (Lipinski definition) is 4. The average Bonchev–Trinajstić information content (AvgIpc) is 2.75. The second kappa shape index (κ2) is 6.06. The Bertz CT molecular complexity index is 522. The molecular weight excluding hydrogens is 392 g/mol. The minimum absolute atomic E-state index is 0.0545. The standard InChI is InChI=1S/C13H16Br2N2OS/c1-4-13(2)7-19-12(17-13)16-10-6-11(18-3)9(15)5-8(10)14/h5-6H,4,7H2,1-3H3,(H,16,17). The highest BCUT2D eigenvalue weighted by atomic mass is 79.9. The summed E-state index contributed by atoms with van der Waals surface area (Å²) in [4.78, 5) is 4.75. The number of hydrogen-bond donors (Lipinski definition) is 1. The fourth-order valence-corrected chi connectivity index (χ4v) is 4.11. The Kier molecular flexibility index (Phi) is 4.84. The first-order chi connectivity index (χ1) is 8.97. The van der Waals surface area contributed by atoms with Crippen LogP contribution in [-0.2, 0) is 0 Å². The number of halogens is 2. The minimum atomic E-state index is 0.0545. The van der Waals surface area contributed by atoms with E-state index in [4.69, 9.17) is 9.73 Å². The van der Waals surface area contributed by atoms with E-state index in [1.165, 1.54) is 0 Å². The molecule has 1 heterocycles. The number of methoxy groups -OCH3 is 1. The molecule has 0 saturated heterocycles. The van der Waals surface area contributed by atoms with Crippen molar-refractivity contribution in [1.29, 1.82) is 0 Å². The molecule has 0 bridgehead atoms.